The number of hydrogen-bond acceptors (Lipinski definition) is 5. The maximum Gasteiger partial charge on any atom is 0.349 e. The van der Waals surface area contributed by atoms with Crippen molar-refractivity contribution in [2.75, 3.05) is 18.6 Å². The third kappa shape index (κ3) is 5.03. The molecule has 0 atom stereocenters. The minimum absolute atomic E-state index is 0.135. The van der Waals surface area contributed by atoms with Gasteiger partial charge in [-0.05, 0) is 55.5 Å². The Morgan fingerprint density at radius 3 is 2.30 bits per heavy atom. The number of carbonyl (C=O) groups is 2. The van der Waals surface area contributed by atoms with Crippen LogP contribution < -0.4 is 14.4 Å². The standard InChI is InChI=1S/C24H20N2O4/c1-17-7-9-18(10-8-17)24(28)26(2)20-11-13-21(14-12-20)30-23(27)16-29-22-6-4-3-5-19(22)15-25/h3-14H,16H2,1-2H3. The Kier molecular flexibility index (Phi) is 6.46. The molecular formula is C24H20N2O4. The van der Waals surface area contributed by atoms with Gasteiger partial charge in [0.2, 0.25) is 0 Å². The summed E-state index contributed by atoms with van der Waals surface area (Å²) >= 11 is 0. The highest BCUT2D eigenvalue weighted by atomic mass is 16.6. The number of anilines is 1. The van der Waals surface area contributed by atoms with Crippen molar-refractivity contribution in [3.05, 3.63) is 89.5 Å². The number of para-hydroxylation sites is 1. The second-order valence-corrected chi connectivity index (χ2v) is 6.59. The van der Waals surface area contributed by atoms with Crippen LogP contribution in [-0.4, -0.2) is 25.5 Å². The Hall–Kier alpha value is -4.11. The molecular weight excluding hydrogens is 380 g/mol. The number of hydrogen-bond donors (Lipinski definition) is 0. The van der Waals surface area contributed by atoms with Gasteiger partial charge in [-0.1, -0.05) is 29.8 Å². The highest BCUT2D eigenvalue weighted by Gasteiger charge is 2.14. The van der Waals surface area contributed by atoms with Gasteiger partial charge in [-0.3, -0.25) is 4.79 Å². The number of nitriles is 1. The van der Waals surface area contributed by atoms with Crippen molar-refractivity contribution in [1.29, 1.82) is 5.26 Å². The molecule has 0 spiro atoms. The van der Waals surface area contributed by atoms with Gasteiger partial charge in [-0.25, -0.2) is 4.79 Å². The van der Waals surface area contributed by atoms with Crippen LogP contribution in [0.15, 0.2) is 72.8 Å². The average Bonchev–Trinajstić information content (AvgIpc) is 2.78. The lowest BCUT2D eigenvalue weighted by Gasteiger charge is -2.18. The van der Waals surface area contributed by atoms with E-state index in [2.05, 4.69) is 0 Å². The first-order chi connectivity index (χ1) is 14.5. The van der Waals surface area contributed by atoms with Crippen molar-refractivity contribution >= 4 is 17.6 Å². The van der Waals surface area contributed by atoms with Gasteiger partial charge in [-0.15, -0.1) is 0 Å². The Bertz CT molecular complexity index is 1080. The maximum absolute atomic E-state index is 12.6. The normalized spacial score (nSPS) is 10.0. The van der Waals surface area contributed by atoms with Gasteiger partial charge in [0.1, 0.15) is 17.6 Å². The fourth-order valence-corrected chi connectivity index (χ4v) is 2.73. The van der Waals surface area contributed by atoms with E-state index in [-0.39, 0.29) is 12.5 Å². The molecule has 0 saturated heterocycles. The zero-order valence-electron chi connectivity index (χ0n) is 16.7. The van der Waals surface area contributed by atoms with Gasteiger partial charge in [0.25, 0.3) is 5.91 Å². The van der Waals surface area contributed by atoms with Gasteiger partial charge < -0.3 is 14.4 Å². The van der Waals surface area contributed by atoms with Crippen molar-refractivity contribution < 1.29 is 19.1 Å². The number of esters is 1. The number of ether oxygens (including phenoxy) is 2. The molecule has 0 unspecified atom stereocenters. The van der Waals surface area contributed by atoms with E-state index in [0.717, 1.165) is 5.56 Å². The zero-order chi connectivity index (χ0) is 21.5. The van der Waals surface area contributed by atoms with Crippen LogP contribution in [0.4, 0.5) is 5.69 Å². The first kappa shape index (κ1) is 20.6. The van der Waals surface area contributed by atoms with Gasteiger partial charge in [0.15, 0.2) is 6.61 Å². The van der Waals surface area contributed by atoms with Gasteiger partial charge >= 0.3 is 5.97 Å². The van der Waals surface area contributed by atoms with Crippen LogP contribution in [0, 0.1) is 18.3 Å². The fraction of sp³-hybridized carbons (Fsp3) is 0.125. The molecule has 0 fully saturated rings. The summed E-state index contributed by atoms with van der Waals surface area (Å²) in [5.41, 5.74) is 2.68. The van der Waals surface area contributed by atoms with Crippen LogP contribution in [0.5, 0.6) is 11.5 Å². The van der Waals surface area contributed by atoms with Crippen molar-refractivity contribution in [3.63, 3.8) is 0 Å². The van der Waals surface area contributed by atoms with E-state index < -0.39 is 5.97 Å². The third-order valence-corrected chi connectivity index (χ3v) is 4.41. The zero-order valence-corrected chi connectivity index (χ0v) is 16.7. The van der Waals surface area contributed by atoms with Crippen LogP contribution >= 0.6 is 0 Å². The van der Waals surface area contributed by atoms with Crippen LogP contribution in [-0.2, 0) is 4.79 Å². The molecule has 6 nitrogen and oxygen atoms in total. The molecule has 3 aromatic rings. The summed E-state index contributed by atoms with van der Waals surface area (Å²) in [7, 11) is 1.68. The summed E-state index contributed by atoms with van der Waals surface area (Å²) in [6.45, 7) is 1.64. The largest absolute Gasteiger partial charge is 0.481 e. The quantitative estimate of drug-likeness (QED) is 0.459. The Morgan fingerprint density at radius 1 is 0.967 bits per heavy atom. The van der Waals surface area contributed by atoms with E-state index in [0.29, 0.717) is 28.3 Å². The van der Waals surface area contributed by atoms with Crippen molar-refractivity contribution in [2.24, 2.45) is 0 Å². The van der Waals surface area contributed by atoms with Crippen molar-refractivity contribution in [1.82, 2.24) is 0 Å². The lowest BCUT2D eigenvalue weighted by atomic mass is 10.1. The molecule has 0 heterocycles. The summed E-state index contributed by atoms with van der Waals surface area (Å²) in [4.78, 5) is 26.1. The predicted octanol–water partition coefficient (Wildman–Crippen LogP) is 4.13. The van der Waals surface area contributed by atoms with E-state index in [4.69, 9.17) is 14.7 Å². The van der Waals surface area contributed by atoms with Gasteiger partial charge in [0, 0.05) is 18.3 Å². The number of rotatable bonds is 6. The second kappa shape index (κ2) is 9.39. The number of benzene rings is 3. The minimum atomic E-state index is -0.598. The summed E-state index contributed by atoms with van der Waals surface area (Å²) < 4.78 is 10.6. The highest BCUT2D eigenvalue weighted by molar-refractivity contribution is 6.05. The second-order valence-electron chi connectivity index (χ2n) is 6.59. The average molecular weight is 400 g/mol. The minimum Gasteiger partial charge on any atom is -0.481 e. The molecule has 0 N–H and O–H groups in total. The summed E-state index contributed by atoms with van der Waals surface area (Å²) in [6.07, 6.45) is 0. The number of carbonyl (C=O) groups excluding carboxylic acids is 2. The Labute approximate surface area is 174 Å². The highest BCUT2D eigenvalue weighted by Crippen LogP contribution is 2.21. The lowest BCUT2D eigenvalue weighted by molar-refractivity contribution is -0.136. The molecule has 0 aliphatic heterocycles. The summed E-state index contributed by atoms with van der Waals surface area (Å²) in [5.74, 6) is -0.0791. The molecule has 0 saturated carbocycles. The Balaban J connectivity index is 1.58. The first-order valence-corrected chi connectivity index (χ1v) is 9.25. The number of amides is 1. The molecule has 0 radical (unpaired) electrons. The summed E-state index contributed by atoms with van der Waals surface area (Å²) in [6, 6.07) is 22.6. The van der Waals surface area contributed by atoms with Gasteiger partial charge in [0.05, 0.1) is 5.56 Å². The number of aryl methyl sites for hydroxylation is 1. The molecule has 30 heavy (non-hydrogen) atoms. The molecule has 0 bridgehead atoms. The van der Waals surface area contributed by atoms with Crippen molar-refractivity contribution in [3.8, 4) is 17.6 Å². The lowest BCUT2D eigenvalue weighted by Crippen LogP contribution is -2.26. The SMILES string of the molecule is Cc1ccc(C(=O)N(C)c2ccc(OC(=O)COc3ccccc3C#N)cc2)cc1. The van der Waals surface area contributed by atoms with E-state index in [9.17, 15) is 9.59 Å². The predicted molar refractivity (Wildman–Crippen MR) is 113 cm³/mol. The molecule has 0 aliphatic rings. The van der Waals surface area contributed by atoms with E-state index >= 15 is 0 Å². The molecule has 3 rings (SSSR count). The molecule has 0 aliphatic carbocycles. The van der Waals surface area contributed by atoms with Crippen molar-refractivity contribution in [2.45, 2.75) is 6.92 Å². The molecule has 3 aromatic carbocycles. The van der Waals surface area contributed by atoms with E-state index in [1.54, 1.807) is 67.7 Å². The van der Waals surface area contributed by atoms with Crippen LogP contribution in [0.3, 0.4) is 0 Å². The smallest absolute Gasteiger partial charge is 0.349 e. The number of nitrogens with zero attached hydrogens (tertiary/aromatic N) is 2. The summed E-state index contributed by atoms with van der Waals surface area (Å²) in [5, 5.41) is 9.04. The maximum atomic E-state index is 12.6. The van der Waals surface area contributed by atoms with E-state index in [1.807, 2.05) is 25.1 Å². The molecule has 0 aromatic heterocycles. The van der Waals surface area contributed by atoms with Crippen LogP contribution in [0.1, 0.15) is 21.5 Å². The van der Waals surface area contributed by atoms with Gasteiger partial charge in [-0.2, -0.15) is 5.26 Å². The molecule has 1 amide bonds. The molecule has 6 heteroatoms. The third-order valence-electron chi connectivity index (χ3n) is 4.41. The Morgan fingerprint density at radius 2 is 1.63 bits per heavy atom. The molecule has 150 valence electrons. The topological polar surface area (TPSA) is 79.6 Å². The first-order valence-electron chi connectivity index (χ1n) is 9.25. The van der Waals surface area contributed by atoms with E-state index in [1.165, 1.54) is 4.90 Å². The van der Waals surface area contributed by atoms with Crippen LogP contribution in [0.2, 0.25) is 0 Å². The van der Waals surface area contributed by atoms with Crippen LogP contribution in [0.25, 0.3) is 0 Å². The monoisotopic (exact) mass is 400 g/mol. The fourth-order valence-electron chi connectivity index (χ4n) is 2.73.